The summed E-state index contributed by atoms with van der Waals surface area (Å²) in [4.78, 5) is 39.8. The van der Waals surface area contributed by atoms with E-state index >= 15 is 0 Å². The number of hydrogen-bond donors (Lipinski definition) is 3. The van der Waals surface area contributed by atoms with Gasteiger partial charge in [-0.3, -0.25) is 9.59 Å². The summed E-state index contributed by atoms with van der Waals surface area (Å²) < 4.78 is 7.43. The Kier molecular flexibility index (Phi) is 11.3. The second-order valence-corrected chi connectivity index (χ2v) is 11.5. The molecule has 0 saturated heterocycles. The van der Waals surface area contributed by atoms with Gasteiger partial charge in [-0.1, -0.05) is 79.2 Å². The lowest BCUT2D eigenvalue weighted by Crippen LogP contribution is -2.41. The highest BCUT2D eigenvalue weighted by molar-refractivity contribution is 6.00. The van der Waals surface area contributed by atoms with E-state index in [1.54, 1.807) is 18.8 Å². The predicted octanol–water partition coefficient (Wildman–Crippen LogP) is 5.37. The Labute approximate surface area is 275 Å². The summed E-state index contributed by atoms with van der Waals surface area (Å²) >= 11 is 0. The van der Waals surface area contributed by atoms with E-state index in [1.165, 1.54) is 0 Å². The number of amides is 3. The molecule has 5 rings (SSSR count). The number of carbonyl (C=O) groups is 3. The number of alkyl carbamates (subject to hydrolysis) is 1. The van der Waals surface area contributed by atoms with Crippen molar-refractivity contribution in [3.8, 4) is 28.2 Å². The standard InChI is InChI=1S/C36H43N7O4/c1-4-5-21-32(44)42-23-25-14-6-8-16-27(25)34-33(28-17-9-11-20-31(28)42)40-41-43(34)30-19-10-7-15-26(30)24-47-36(46)39-22-13-12-18-29(37-2)35(45)38-3/h6-11,14-17,19-20,29,37H,4-5,12-13,18,21-24H2,1-3H3,(H,38,45)(H,39,46)/t29-/m0/s1. The molecule has 0 saturated carbocycles. The van der Waals surface area contributed by atoms with Crippen LogP contribution in [0, 0.1) is 0 Å². The number of para-hydroxylation sites is 2. The second-order valence-electron chi connectivity index (χ2n) is 11.5. The highest BCUT2D eigenvalue weighted by Gasteiger charge is 2.29. The largest absolute Gasteiger partial charge is 0.445 e. The zero-order chi connectivity index (χ0) is 33.2. The van der Waals surface area contributed by atoms with Crippen LogP contribution in [0.5, 0.6) is 0 Å². The van der Waals surface area contributed by atoms with Gasteiger partial charge in [0.15, 0.2) is 0 Å². The molecule has 3 amide bonds. The number of fused-ring (bicyclic) bond motifs is 5. The smallest absolute Gasteiger partial charge is 0.407 e. The van der Waals surface area contributed by atoms with E-state index in [-0.39, 0.29) is 24.5 Å². The SMILES string of the molecule is CCCCC(=O)N1Cc2ccccc2-c2c(nnn2-c2ccccc2COC(=O)NCCCC[C@H](NC)C(=O)NC)-c2ccccc21. The van der Waals surface area contributed by atoms with Crippen molar-refractivity contribution in [2.24, 2.45) is 0 Å². The van der Waals surface area contributed by atoms with Crippen LogP contribution in [0.15, 0.2) is 72.8 Å². The average molecular weight is 638 g/mol. The maximum absolute atomic E-state index is 13.5. The number of likely N-dealkylation sites (N-methyl/N-ethyl adjacent to an activating group) is 2. The lowest BCUT2D eigenvalue weighted by Gasteiger charge is -2.28. The Balaban J connectivity index is 1.38. The number of rotatable bonds is 13. The van der Waals surface area contributed by atoms with Crippen LogP contribution in [0.4, 0.5) is 10.5 Å². The van der Waals surface area contributed by atoms with Gasteiger partial charge in [-0.2, -0.15) is 0 Å². The topological polar surface area (TPSA) is 130 Å². The van der Waals surface area contributed by atoms with Gasteiger partial charge in [-0.25, -0.2) is 9.48 Å². The van der Waals surface area contributed by atoms with Gasteiger partial charge in [-0.05, 0) is 50.4 Å². The molecule has 1 aliphatic rings. The maximum Gasteiger partial charge on any atom is 0.407 e. The number of hydrogen-bond acceptors (Lipinski definition) is 7. The fourth-order valence-electron chi connectivity index (χ4n) is 5.89. The van der Waals surface area contributed by atoms with Crippen LogP contribution in [0.25, 0.3) is 28.2 Å². The Bertz CT molecular complexity index is 1700. The number of ether oxygens (including phenoxy) is 1. The molecule has 246 valence electrons. The summed E-state index contributed by atoms with van der Waals surface area (Å²) in [5, 5.41) is 17.8. The molecule has 0 spiro atoms. The average Bonchev–Trinajstić information content (AvgIpc) is 3.53. The molecule has 0 aliphatic carbocycles. The van der Waals surface area contributed by atoms with Gasteiger partial charge < -0.3 is 25.6 Å². The number of anilines is 1. The van der Waals surface area contributed by atoms with Crippen LogP contribution >= 0.6 is 0 Å². The molecule has 3 N–H and O–H groups in total. The monoisotopic (exact) mass is 637 g/mol. The van der Waals surface area contributed by atoms with Crippen LogP contribution in [0.3, 0.4) is 0 Å². The molecule has 0 unspecified atom stereocenters. The van der Waals surface area contributed by atoms with Crippen LogP contribution in [0.2, 0.25) is 0 Å². The molecule has 1 atom stereocenters. The molecular weight excluding hydrogens is 594 g/mol. The quantitative estimate of drug-likeness (QED) is 0.168. The van der Waals surface area contributed by atoms with Crippen molar-refractivity contribution in [2.45, 2.75) is 64.6 Å². The molecule has 47 heavy (non-hydrogen) atoms. The van der Waals surface area contributed by atoms with Gasteiger partial charge in [0, 0.05) is 36.7 Å². The van der Waals surface area contributed by atoms with Gasteiger partial charge in [0.25, 0.3) is 0 Å². The number of aromatic nitrogens is 3. The van der Waals surface area contributed by atoms with Crippen LogP contribution in [-0.2, 0) is 27.5 Å². The van der Waals surface area contributed by atoms with E-state index in [2.05, 4.69) is 33.2 Å². The van der Waals surface area contributed by atoms with Crippen molar-refractivity contribution in [1.29, 1.82) is 0 Å². The third-order valence-electron chi connectivity index (χ3n) is 8.45. The molecule has 0 radical (unpaired) electrons. The first-order chi connectivity index (χ1) is 23.0. The Morgan fingerprint density at radius 1 is 0.894 bits per heavy atom. The van der Waals surface area contributed by atoms with Gasteiger partial charge >= 0.3 is 6.09 Å². The summed E-state index contributed by atoms with van der Waals surface area (Å²) in [5.74, 6) is 0.0299. The van der Waals surface area contributed by atoms with Crippen molar-refractivity contribution in [3.05, 3.63) is 83.9 Å². The van der Waals surface area contributed by atoms with E-state index in [9.17, 15) is 14.4 Å². The summed E-state index contributed by atoms with van der Waals surface area (Å²) in [6, 6.07) is 23.3. The fraction of sp³-hybridized carbons (Fsp3) is 0.361. The molecule has 4 aromatic rings. The Hall–Kier alpha value is -5.03. The molecule has 0 fully saturated rings. The van der Waals surface area contributed by atoms with E-state index in [0.717, 1.165) is 58.6 Å². The number of benzene rings is 3. The number of unbranched alkanes of at least 4 members (excludes halogenated alkanes) is 2. The molecule has 3 aromatic carbocycles. The first kappa shape index (κ1) is 33.3. The molecule has 2 heterocycles. The van der Waals surface area contributed by atoms with Crippen LogP contribution in [0.1, 0.15) is 56.6 Å². The molecule has 1 aliphatic heterocycles. The Morgan fingerprint density at radius 2 is 1.62 bits per heavy atom. The summed E-state index contributed by atoms with van der Waals surface area (Å²) in [5.41, 5.74) is 6.54. The normalized spacial score (nSPS) is 12.5. The number of nitrogens with zero attached hydrogens (tertiary/aromatic N) is 4. The Morgan fingerprint density at radius 3 is 2.38 bits per heavy atom. The minimum absolute atomic E-state index is 0.0348. The minimum atomic E-state index is -0.516. The number of carbonyl (C=O) groups excluding carboxylic acids is 3. The van der Waals surface area contributed by atoms with Crippen LogP contribution < -0.4 is 20.9 Å². The van der Waals surface area contributed by atoms with Crippen molar-refractivity contribution in [1.82, 2.24) is 30.9 Å². The summed E-state index contributed by atoms with van der Waals surface area (Å²) in [6.07, 6.45) is 3.89. The first-order valence-electron chi connectivity index (χ1n) is 16.3. The lowest BCUT2D eigenvalue weighted by atomic mass is 9.95. The van der Waals surface area contributed by atoms with Gasteiger partial charge in [0.1, 0.15) is 18.0 Å². The molecular formula is C36H43N7O4. The zero-order valence-corrected chi connectivity index (χ0v) is 27.3. The highest BCUT2D eigenvalue weighted by atomic mass is 16.5. The van der Waals surface area contributed by atoms with Crippen LogP contribution in [-0.4, -0.2) is 59.6 Å². The fourth-order valence-corrected chi connectivity index (χ4v) is 5.89. The number of nitrogens with one attached hydrogen (secondary N) is 3. The zero-order valence-electron chi connectivity index (χ0n) is 27.3. The highest BCUT2D eigenvalue weighted by Crippen LogP contribution is 2.42. The van der Waals surface area contributed by atoms with Crippen molar-refractivity contribution < 1.29 is 19.1 Å². The van der Waals surface area contributed by atoms with E-state index in [4.69, 9.17) is 4.74 Å². The van der Waals surface area contributed by atoms with Crippen molar-refractivity contribution in [2.75, 3.05) is 25.5 Å². The molecule has 0 bridgehead atoms. The minimum Gasteiger partial charge on any atom is -0.445 e. The molecule has 11 heteroatoms. The predicted molar refractivity (Wildman–Crippen MR) is 182 cm³/mol. The van der Waals surface area contributed by atoms with Gasteiger partial charge in [0.2, 0.25) is 11.8 Å². The van der Waals surface area contributed by atoms with E-state index in [1.807, 2.05) is 77.7 Å². The molecule has 11 nitrogen and oxygen atoms in total. The summed E-state index contributed by atoms with van der Waals surface area (Å²) in [7, 11) is 3.38. The van der Waals surface area contributed by atoms with E-state index in [0.29, 0.717) is 38.0 Å². The van der Waals surface area contributed by atoms with Gasteiger partial charge in [0.05, 0.1) is 24.0 Å². The third kappa shape index (κ3) is 7.69. The van der Waals surface area contributed by atoms with Crippen molar-refractivity contribution in [3.63, 3.8) is 0 Å². The first-order valence-corrected chi connectivity index (χ1v) is 16.3. The van der Waals surface area contributed by atoms with Gasteiger partial charge in [-0.15, -0.1) is 5.10 Å². The lowest BCUT2D eigenvalue weighted by molar-refractivity contribution is -0.122. The van der Waals surface area contributed by atoms with E-state index < -0.39 is 6.09 Å². The second kappa shape index (κ2) is 16.0. The molecule has 1 aromatic heterocycles. The van der Waals surface area contributed by atoms with Crippen molar-refractivity contribution >= 4 is 23.6 Å². The third-order valence-corrected chi connectivity index (χ3v) is 8.45. The summed E-state index contributed by atoms with van der Waals surface area (Å²) in [6.45, 7) is 2.98. The maximum atomic E-state index is 13.5.